The molecule has 0 aromatic rings. The number of carbonyl (C=O) groups is 2. The van der Waals surface area contributed by atoms with Gasteiger partial charge in [0.1, 0.15) is 0 Å². The van der Waals surface area contributed by atoms with Crippen LogP contribution in [0, 0.1) is 0 Å². The van der Waals surface area contributed by atoms with E-state index in [0.29, 0.717) is 0 Å². The Bertz CT molecular complexity index is 298. The smallest absolute Gasteiger partial charge is 0.310 e. The van der Waals surface area contributed by atoms with E-state index < -0.39 is 5.97 Å². The zero-order valence-electron chi connectivity index (χ0n) is 12.8. The van der Waals surface area contributed by atoms with Gasteiger partial charge in [-0.3, -0.25) is 14.6 Å². The molecule has 0 heterocycles. The molecule has 0 saturated carbocycles. The van der Waals surface area contributed by atoms with Gasteiger partial charge in [0.15, 0.2) is 0 Å². The highest BCUT2D eigenvalue weighted by molar-refractivity contribution is 5.85. The van der Waals surface area contributed by atoms with Crippen LogP contribution in [0.1, 0.15) is 58.8 Å². The molecule has 0 aromatic heterocycles. The molecule has 0 aromatic carbocycles. The van der Waals surface area contributed by atoms with Gasteiger partial charge in [-0.2, -0.15) is 0 Å². The summed E-state index contributed by atoms with van der Waals surface area (Å²) in [5, 5.41) is 7.72. The largest absolute Gasteiger partial charge is 0.481 e. The third kappa shape index (κ3) is 21.6. The third-order valence-electron chi connectivity index (χ3n) is 2.31. The molecule has 0 saturated heterocycles. The molecular weight excluding hydrogens is 258 g/mol. The van der Waals surface area contributed by atoms with Gasteiger partial charge in [-0.15, -0.1) is 0 Å². The van der Waals surface area contributed by atoms with Gasteiger partial charge in [-0.05, 0) is 12.8 Å². The van der Waals surface area contributed by atoms with Gasteiger partial charge in [0.05, 0.1) is 13.5 Å². The minimum absolute atomic E-state index is 0.222. The lowest BCUT2D eigenvalue weighted by atomic mass is 10.1. The molecule has 1 N–H and O–H groups in total. The molecule has 0 aliphatic rings. The number of esters is 1. The number of carboxylic acids is 1. The average Bonchev–Trinajstić information content (AvgIpc) is 2.45. The molecule has 0 bridgehead atoms. The Hall–Kier alpha value is -1.65. The summed E-state index contributed by atoms with van der Waals surface area (Å²) in [4.78, 5) is 24.0. The zero-order valence-corrected chi connectivity index (χ0v) is 12.8. The molecule has 0 atom stereocenters. The summed E-state index contributed by atoms with van der Waals surface area (Å²) in [5.41, 5.74) is 0. The molecule has 0 amide bonds. The summed E-state index contributed by atoms with van der Waals surface area (Å²) in [5.74, 6) is -1.000. The molecule has 5 nitrogen and oxygen atoms in total. The second-order valence-corrected chi connectivity index (χ2v) is 4.09. The molecule has 0 aliphatic carbocycles. The summed E-state index contributed by atoms with van der Waals surface area (Å²) in [7, 11) is 1.37. The first-order chi connectivity index (χ1) is 9.58. The number of rotatable bonds is 9. The van der Waals surface area contributed by atoms with Gasteiger partial charge < -0.3 is 9.84 Å². The number of carbonyl (C=O) groups excluding carboxylic acids is 1. The van der Waals surface area contributed by atoms with Crippen LogP contribution in [0.5, 0.6) is 0 Å². The Balaban J connectivity index is 0. The maximum Gasteiger partial charge on any atom is 0.310 e. The summed E-state index contributed by atoms with van der Waals surface area (Å²) in [6.45, 7) is 3.80. The molecule has 20 heavy (non-hydrogen) atoms. The van der Waals surface area contributed by atoms with Gasteiger partial charge >= 0.3 is 11.9 Å². The molecule has 0 rings (SSSR count). The van der Waals surface area contributed by atoms with Crippen molar-refractivity contribution in [3.63, 3.8) is 0 Å². The molecule has 0 fully saturated rings. The van der Waals surface area contributed by atoms with E-state index in [-0.39, 0.29) is 18.8 Å². The molecule has 0 aliphatic heterocycles. The minimum atomic E-state index is -0.745. The molecule has 0 radical (unpaired) electrons. The summed E-state index contributed by atoms with van der Waals surface area (Å²) < 4.78 is 4.47. The fraction of sp³-hybridized carbons (Fsp3) is 0.667. The van der Waals surface area contributed by atoms with E-state index in [2.05, 4.69) is 16.7 Å². The third-order valence-corrected chi connectivity index (χ3v) is 2.31. The van der Waals surface area contributed by atoms with Crippen molar-refractivity contribution in [3.8, 4) is 0 Å². The van der Waals surface area contributed by atoms with Crippen molar-refractivity contribution in [2.24, 2.45) is 4.99 Å². The Morgan fingerprint density at radius 1 is 1.20 bits per heavy atom. The van der Waals surface area contributed by atoms with Gasteiger partial charge in [-0.25, -0.2) is 0 Å². The van der Waals surface area contributed by atoms with Crippen molar-refractivity contribution in [2.45, 2.75) is 58.8 Å². The van der Waals surface area contributed by atoms with Crippen LogP contribution in [-0.2, 0) is 14.3 Å². The van der Waals surface area contributed by atoms with E-state index in [9.17, 15) is 9.59 Å². The lowest BCUT2D eigenvalue weighted by molar-refractivity contribution is -0.139. The van der Waals surface area contributed by atoms with Crippen LogP contribution >= 0.6 is 0 Å². The van der Waals surface area contributed by atoms with Crippen molar-refractivity contribution < 1.29 is 19.4 Å². The minimum Gasteiger partial charge on any atom is -0.481 e. The second kappa shape index (κ2) is 17.4. The first-order valence-corrected chi connectivity index (χ1v) is 7.03. The number of ether oxygens (including phenoxy) is 1. The average molecular weight is 285 g/mol. The van der Waals surface area contributed by atoms with E-state index in [1.807, 2.05) is 6.08 Å². The SMILES string of the molecule is CCC(=O)O.CCCCCCC=CN=CCC(=O)OC. The van der Waals surface area contributed by atoms with Crippen molar-refractivity contribution in [3.05, 3.63) is 12.3 Å². The van der Waals surface area contributed by atoms with Crippen molar-refractivity contribution in [1.82, 2.24) is 0 Å². The van der Waals surface area contributed by atoms with Crippen molar-refractivity contribution >= 4 is 18.2 Å². The number of aliphatic imine (C=N–C) groups is 1. The predicted molar refractivity (Wildman–Crippen MR) is 81.0 cm³/mol. The summed E-state index contributed by atoms with van der Waals surface area (Å²) in [6, 6.07) is 0. The van der Waals surface area contributed by atoms with Crippen LogP contribution in [0.4, 0.5) is 0 Å². The monoisotopic (exact) mass is 285 g/mol. The van der Waals surface area contributed by atoms with Crippen molar-refractivity contribution in [1.29, 1.82) is 0 Å². The van der Waals surface area contributed by atoms with E-state index in [0.717, 1.165) is 6.42 Å². The van der Waals surface area contributed by atoms with E-state index in [4.69, 9.17) is 5.11 Å². The van der Waals surface area contributed by atoms with Crippen LogP contribution in [-0.4, -0.2) is 30.4 Å². The lowest BCUT2D eigenvalue weighted by Gasteiger charge is -1.93. The lowest BCUT2D eigenvalue weighted by Crippen LogP contribution is -1.99. The highest BCUT2D eigenvalue weighted by Crippen LogP contribution is 2.02. The number of carboxylic acid groups (broad SMARTS) is 1. The van der Waals surface area contributed by atoms with Crippen LogP contribution in [0.25, 0.3) is 0 Å². The first-order valence-electron chi connectivity index (χ1n) is 7.03. The van der Waals surface area contributed by atoms with Crippen LogP contribution in [0.3, 0.4) is 0 Å². The van der Waals surface area contributed by atoms with E-state index in [1.165, 1.54) is 32.8 Å². The molecule has 5 heteroatoms. The number of methoxy groups -OCH3 is 1. The zero-order chi connectivity index (χ0) is 15.6. The number of unbranched alkanes of at least 4 members (excludes halogenated alkanes) is 4. The van der Waals surface area contributed by atoms with E-state index in [1.54, 1.807) is 19.3 Å². The number of aliphatic carboxylic acids is 1. The Morgan fingerprint density at radius 3 is 2.35 bits per heavy atom. The highest BCUT2D eigenvalue weighted by Gasteiger charge is 1.92. The number of nitrogens with zero attached hydrogens (tertiary/aromatic N) is 1. The predicted octanol–water partition coefficient (Wildman–Crippen LogP) is 3.59. The maximum absolute atomic E-state index is 10.7. The van der Waals surface area contributed by atoms with Crippen LogP contribution in [0.2, 0.25) is 0 Å². The normalized spacial score (nSPS) is 10.3. The first kappa shape index (κ1) is 20.7. The highest BCUT2D eigenvalue weighted by atomic mass is 16.5. The van der Waals surface area contributed by atoms with Gasteiger partial charge in [-0.1, -0.05) is 39.2 Å². The fourth-order valence-corrected chi connectivity index (χ4v) is 1.10. The summed E-state index contributed by atoms with van der Waals surface area (Å²) >= 11 is 0. The summed E-state index contributed by atoms with van der Waals surface area (Å²) in [6.07, 6.45) is 11.9. The van der Waals surface area contributed by atoms with Gasteiger partial charge in [0, 0.05) is 18.8 Å². The molecule has 116 valence electrons. The number of hydrogen-bond acceptors (Lipinski definition) is 4. The van der Waals surface area contributed by atoms with Crippen LogP contribution < -0.4 is 0 Å². The molecule has 0 spiro atoms. The number of hydrogen-bond donors (Lipinski definition) is 1. The maximum atomic E-state index is 10.7. The molecular formula is C15H27NO4. The fourth-order valence-electron chi connectivity index (χ4n) is 1.10. The van der Waals surface area contributed by atoms with Gasteiger partial charge in [0.2, 0.25) is 0 Å². The standard InChI is InChI=1S/C12H21NO2.C3H6O2/c1-3-4-5-6-7-8-10-13-11-9-12(14)15-2;1-2-3(4)5/h8,10-11H,3-7,9H2,1-2H3;2H2,1H3,(H,4,5). The van der Waals surface area contributed by atoms with Crippen molar-refractivity contribution in [2.75, 3.05) is 7.11 Å². The Kier molecular flexibility index (Phi) is 17.9. The number of allylic oxidation sites excluding steroid dienone is 1. The quantitative estimate of drug-likeness (QED) is 0.399. The van der Waals surface area contributed by atoms with Crippen LogP contribution in [0.15, 0.2) is 17.3 Å². The Morgan fingerprint density at radius 2 is 1.85 bits per heavy atom. The topological polar surface area (TPSA) is 76.0 Å². The van der Waals surface area contributed by atoms with E-state index >= 15 is 0 Å². The molecule has 0 unspecified atom stereocenters. The Labute approximate surface area is 121 Å². The second-order valence-electron chi connectivity index (χ2n) is 4.09. The van der Waals surface area contributed by atoms with Gasteiger partial charge in [0.25, 0.3) is 0 Å².